The van der Waals surface area contributed by atoms with Crippen molar-refractivity contribution in [3.05, 3.63) is 82.0 Å². The van der Waals surface area contributed by atoms with Crippen LogP contribution < -0.4 is 15.0 Å². The molecule has 0 saturated carbocycles. The number of halogens is 1. The summed E-state index contributed by atoms with van der Waals surface area (Å²) in [7, 11) is 2.09. The largest absolute Gasteiger partial charge is 0.494 e. The van der Waals surface area contributed by atoms with E-state index < -0.39 is 0 Å². The van der Waals surface area contributed by atoms with Gasteiger partial charge in [0.25, 0.3) is 5.56 Å². The fourth-order valence-corrected chi connectivity index (χ4v) is 2.91. The molecular weight excluding hydrogens is 402 g/mol. The van der Waals surface area contributed by atoms with Crippen LogP contribution in [-0.4, -0.2) is 41.2 Å². The van der Waals surface area contributed by atoms with Crippen molar-refractivity contribution < 1.29 is 9.47 Å². The normalized spacial score (nSPS) is 10.9. The van der Waals surface area contributed by atoms with Crippen molar-refractivity contribution in [2.75, 3.05) is 26.7 Å². The summed E-state index contributed by atoms with van der Waals surface area (Å²) in [6.45, 7) is 5.10. The van der Waals surface area contributed by atoms with E-state index in [-0.39, 0.29) is 12.2 Å². The van der Waals surface area contributed by atoms with E-state index in [1.807, 2.05) is 24.3 Å². The zero-order valence-electron chi connectivity index (χ0n) is 17.3. The number of ether oxygens (including phenoxy) is 2. The highest BCUT2D eigenvalue weighted by molar-refractivity contribution is 6.30. The first-order chi connectivity index (χ1) is 14.5. The Hall–Kier alpha value is -2.83. The van der Waals surface area contributed by atoms with Crippen LogP contribution in [0.2, 0.25) is 5.02 Å². The molecule has 0 aliphatic heterocycles. The second-order valence-corrected chi connectivity index (χ2v) is 7.36. The number of hydrogen-bond acceptors (Lipinski definition) is 5. The van der Waals surface area contributed by atoms with Gasteiger partial charge in [-0.15, -0.1) is 0 Å². The molecular formula is C23H26ClN3O3. The molecule has 6 nitrogen and oxygen atoms in total. The van der Waals surface area contributed by atoms with Gasteiger partial charge in [-0.05, 0) is 62.5 Å². The molecule has 0 N–H and O–H groups in total. The van der Waals surface area contributed by atoms with Crippen LogP contribution in [-0.2, 0) is 6.61 Å². The molecule has 0 fully saturated rings. The van der Waals surface area contributed by atoms with E-state index >= 15 is 0 Å². The van der Waals surface area contributed by atoms with E-state index in [4.69, 9.17) is 21.1 Å². The molecule has 3 rings (SSSR count). The average Bonchev–Trinajstić information content (AvgIpc) is 2.77. The van der Waals surface area contributed by atoms with Crippen LogP contribution in [0.1, 0.15) is 19.0 Å². The summed E-state index contributed by atoms with van der Waals surface area (Å²) < 4.78 is 13.0. The quantitative estimate of drug-likeness (QED) is 0.454. The Labute approximate surface area is 181 Å². The van der Waals surface area contributed by atoms with Crippen LogP contribution in [0.5, 0.6) is 11.5 Å². The van der Waals surface area contributed by atoms with Crippen molar-refractivity contribution in [3.63, 3.8) is 0 Å². The third-order valence-electron chi connectivity index (χ3n) is 4.67. The fraction of sp³-hybridized carbons (Fsp3) is 0.304. The first-order valence-electron chi connectivity index (χ1n) is 9.93. The van der Waals surface area contributed by atoms with Crippen LogP contribution in [0.3, 0.4) is 0 Å². The van der Waals surface area contributed by atoms with Gasteiger partial charge in [-0.25, -0.2) is 0 Å². The van der Waals surface area contributed by atoms with Gasteiger partial charge in [0.2, 0.25) is 0 Å². The number of rotatable bonds is 10. The van der Waals surface area contributed by atoms with Gasteiger partial charge < -0.3 is 14.4 Å². The molecule has 0 atom stereocenters. The number of hydrogen-bond donors (Lipinski definition) is 0. The second-order valence-electron chi connectivity index (χ2n) is 6.92. The van der Waals surface area contributed by atoms with E-state index in [2.05, 4.69) is 23.9 Å². The Morgan fingerprint density at radius 3 is 2.53 bits per heavy atom. The Morgan fingerprint density at radius 1 is 1.07 bits per heavy atom. The van der Waals surface area contributed by atoms with Crippen LogP contribution >= 0.6 is 11.6 Å². The SMILES string of the molecule is CCN(C)CCCOc1ccc(-n2ccc(OCc3ccc(Cl)cn3)cc2=O)cc1. The van der Waals surface area contributed by atoms with Gasteiger partial charge in [0.15, 0.2) is 0 Å². The van der Waals surface area contributed by atoms with Gasteiger partial charge >= 0.3 is 0 Å². The highest BCUT2D eigenvalue weighted by Crippen LogP contribution is 2.16. The van der Waals surface area contributed by atoms with Gasteiger partial charge in [0.1, 0.15) is 18.1 Å². The lowest BCUT2D eigenvalue weighted by molar-refractivity contribution is 0.268. The average molecular weight is 428 g/mol. The minimum absolute atomic E-state index is 0.173. The van der Waals surface area contributed by atoms with E-state index in [9.17, 15) is 4.79 Å². The summed E-state index contributed by atoms with van der Waals surface area (Å²) in [5.74, 6) is 1.28. The lowest BCUT2D eigenvalue weighted by Crippen LogP contribution is -2.20. The topological polar surface area (TPSA) is 56.6 Å². The maximum absolute atomic E-state index is 12.5. The molecule has 2 aromatic heterocycles. The predicted molar refractivity (Wildman–Crippen MR) is 119 cm³/mol. The summed E-state index contributed by atoms with van der Waals surface area (Å²) in [5, 5.41) is 0.571. The van der Waals surface area contributed by atoms with Crippen molar-refractivity contribution in [2.24, 2.45) is 0 Å². The molecule has 0 bridgehead atoms. The maximum atomic E-state index is 12.5. The van der Waals surface area contributed by atoms with E-state index in [1.165, 1.54) is 6.07 Å². The first-order valence-corrected chi connectivity index (χ1v) is 10.3. The zero-order chi connectivity index (χ0) is 21.3. The van der Waals surface area contributed by atoms with Crippen molar-refractivity contribution in [3.8, 4) is 17.2 Å². The molecule has 7 heteroatoms. The van der Waals surface area contributed by atoms with Gasteiger partial charge in [0.05, 0.1) is 17.3 Å². The molecule has 3 aromatic rings. The van der Waals surface area contributed by atoms with Crippen LogP contribution in [0, 0.1) is 0 Å². The monoisotopic (exact) mass is 427 g/mol. The molecule has 0 aliphatic carbocycles. The van der Waals surface area contributed by atoms with Gasteiger partial charge in [-0.2, -0.15) is 0 Å². The van der Waals surface area contributed by atoms with Gasteiger partial charge in [-0.3, -0.25) is 14.3 Å². The summed E-state index contributed by atoms with van der Waals surface area (Å²) >= 11 is 5.83. The van der Waals surface area contributed by atoms with Crippen molar-refractivity contribution in [1.29, 1.82) is 0 Å². The number of benzene rings is 1. The molecule has 0 saturated heterocycles. The lowest BCUT2D eigenvalue weighted by Gasteiger charge is -2.14. The maximum Gasteiger partial charge on any atom is 0.258 e. The molecule has 0 radical (unpaired) electrons. The molecule has 158 valence electrons. The highest BCUT2D eigenvalue weighted by Gasteiger charge is 2.04. The third kappa shape index (κ3) is 6.34. The Morgan fingerprint density at radius 2 is 1.87 bits per heavy atom. The summed E-state index contributed by atoms with van der Waals surface area (Å²) in [6, 6.07) is 14.2. The molecule has 0 aliphatic rings. The second kappa shape index (κ2) is 10.8. The molecule has 30 heavy (non-hydrogen) atoms. The Bertz CT molecular complexity index is 988. The van der Waals surface area contributed by atoms with E-state index in [1.54, 1.807) is 35.2 Å². The van der Waals surface area contributed by atoms with Crippen molar-refractivity contribution in [1.82, 2.24) is 14.5 Å². The lowest BCUT2D eigenvalue weighted by atomic mass is 10.3. The standard InChI is InChI=1S/C23H26ClN3O3/c1-3-26(2)12-4-14-29-21-9-7-20(8-10-21)27-13-11-22(15-23(27)28)30-17-19-6-5-18(24)16-25-19/h5-11,13,15-16H,3-4,12,14,17H2,1-2H3. The van der Waals surface area contributed by atoms with E-state index in [0.29, 0.717) is 17.4 Å². The van der Waals surface area contributed by atoms with Gasteiger partial charge in [0, 0.05) is 30.7 Å². The molecule has 0 unspecified atom stereocenters. The molecule has 1 aromatic carbocycles. The van der Waals surface area contributed by atoms with Crippen LogP contribution in [0.25, 0.3) is 5.69 Å². The smallest absolute Gasteiger partial charge is 0.258 e. The van der Waals surface area contributed by atoms with Crippen LogP contribution in [0.15, 0.2) is 65.7 Å². The minimum Gasteiger partial charge on any atom is -0.494 e. The molecule has 0 spiro atoms. The van der Waals surface area contributed by atoms with Gasteiger partial charge in [-0.1, -0.05) is 18.5 Å². The minimum atomic E-state index is -0.173. The highest BCUT2D eigenvalue weighted by atomic mass is 35.5. The Balaban J connectivity index is 1.56. The molecule has 0 amide bonds. The summed E-state index contributed by atoms with van der Waals surface area (Å²) in [5.41, 5.74) is 1.33. The third-order valence-corrected chi connectivity index (χ3v) is 4.90. The Kier molecular flexibility index (Phi) is 7.88. The van der Waals surface area contributed by atoms with Crippen molar-refractivity contribution in [2.45, 2.75) is 20.0 Å². The summed E-state index contributed by atoms with van der Waals surface area (Å²) in [6.07, 6.45) is 4.23. The first kappa shape index (κ1) is 21.9. The predicted octanol–water partition coefficient (Wildman–Crippen LogP) is 4.19. The number of aromatic nitrogens is 2. The van der Waals surface area contributed by atoms with E-state index in [0.717, 1.165) is 36.6 Å². The number of nitrogens with zero attached hydrogens (tertiary/aromatic N) is 3. The number of pyridine rings is 2. The molecule has 2 heterocycles. The van der Waals surface area contributed by atoms with Crippen molar-refractivity contribution >= 4 is 11.6 Å². The van der Waals surface area contributed by atoms with Crippen LogP contribution in [0.4, 0.5) is 0 Å². The fourth-order valence-electron chi connectivity index (χ4n) is 2.80. The zero-order valence-corrected chi connectivity index (χ0v) is 18.0. The summed E-state index contributed by atoms with van der Waals surface area (Å²) in [4.78, 5) is 18.9.